The second kappa shape index (κ2) is 4.11. The molecule has 0 atom stereocenters. The Morgan fingerprint density at radius 3 is 2.85 bits per heavy atom. The Morgan fingerprint density at radius 2 is 2.05 bits per heavy atom. The molecule has 0 amide bonds. The number of aryl methyl sites for hydroxylation is 2. The van der Waals surface area contributed by atoms with Gasteiger partial charge in [0.25, 0.3) is 0 Å². The van der Waals surface area contributed by atoms with Crippen LogP contribution in [-0.4, -0.2) is 19.8 Å². The average Bonchev–Trinajstić information content (AvgIpc) is 3.06. The summed E-state index contributed by atoms with van der Waals surface area (Å²) in [4.78, 5) is 4.60. The Hall–Kier alpha value is -2.27. The third-order valence-corrected chi connectivity index (χ3v) is 4.15. The van der Waals surface area contributed by atoms with Gasteiger partial charge in [0.2, 0.25) is 0 Å². The molecule has 0 spiro atoms. The summed E-state index contributed by atoms with van der Waals surface area (Å²) in [6.45, 7) is 4.16. The molecule has 4 aromatic rings. The molecule has 0 saturated heterocycles. The van der Waals surface area contributed by atoms with Gasteiger partial charge >= 0.3 is 0 Å². The summed E-state index contributed by atoms with van der Waals surface area (Å²) in [5, 5.41) is 12.8. The summed E-state index contributed by atoms with van der Waals surface area (Å²) in [6.07, 6.45) is 1.86. The van der Waals surface area contributed by atoms with Crippen molar-refractivity contribution in [3.63, 3.8) is 0 Å². The lowest BCUT2D eigenvalue weighted by Gasteiger charge is -2.05. The first-order chi connectivity index (χ1) is 9.74. The first-order valence-electron chi connectivity index (χ1n) is 6.38. The van der Waals surface area contributed by atoms with Crippen molar-refractivity contribution in [1.82, 2.24) is 19.8 Å². The molecule has 4 nitrogen and oxygen atoms in total. The highest BCUT2D eigenvalue weighted by Gasteiger charge is 2.13. The van der Waals surface area contributed by atoms with Gasteiger partial charge in [0, 0.05) is 10.9 Å². The largest absolute Gasteiger partial charge is 0.252 e. The molecule has 1 aromatic carbocycles. The third-order valence-electron chi connectivity index (χ3n) is 3.47. The van der Waals surface area contributed by atoms with Crippen LogP contribution >= 0.6 is 11.3 Å². The Kier molecular flexibility index (Phi) is 2.37. The zero-order valence-corrected chi connectivity index (χ0v) is 12.0. The van der Waals surface area contributed by atoms with E-state index in [1.54, 1.807) is 11.3 Å². The zero-order valence-electron chi connectivity index (χ0n) is 11.2. The van der Waals surface area contributed by atoms with Crippen LogP contribution in [0.1, 0.15) is 11.1 Å². The van der Waals surface area contributed by atoms with Gasteiger partial charge in [-0.15, -0.1) is 5.10 Å². The number of fused-ring (bicyclic) bond motifs is 3. The summed E-state index contributed by atoms with van der Waals surface area (Å²) in [7, 11) is 0. The summed E-state index contributed by atoms with van der Waals surface area (Å²) in [6, 6.07) is 6.30. The van der Waals surface area contributed by atoms with Crippen LogP contribution < -0.4 is 0 Å². The summed E-state index contributed by atoms with van der Waals surface area (Å²) < 4.78 is 1.88. The van der Waals surface area contributed by atoms with E-state index in [1.807, 2.05) is 16.1 Å². The molecule has 0 aliphatic carbocycles. The van der Waals surface area contributed by atoms with Crippen molar-refractivity contribution in [2.24, 2.45) is 0 Å². The lowest BCUT2D eigenvalue weighted by Crippen LogP contribution is -1.95. The number of benzene rings is 1. The van der Waals surface area contributed by atoms with E-state index < -0.39 is 0 Å². The number of nitrogens with zero attached hydrogens (tertiary/aromatic N) is 4. The van der Waals surface area contributed by atoms with Gasteiger partial charge in [-0.05, 0) is 42.5 Å². The molecule has 0 aliphatic heterocycles. The lowest BCUT2D eigenvalue weighted by molar-refractivity contribution is 0.880. The normalized spacial score (nSPS) is 11.5. The quantitative estimate of drug-likeness (QED) is 0.535. The van der Waals surface area contributed by atoms with Gasteiger partial charge in [-0.25, -0.2) is 4.52 Å². The van der Waals surface area contributed by atoms with Crippen molar-refractivity contribution in [1.29, 1.82) is 0 Å². The molecule has 4 rings (SSSR count). The van der Waals surface area contributed by atoms with Crippen molar-refractivity contribution in [3.8, 4) is 11.3 Å². The number of rotatable bonds is 1. The Balaban J connectivity index is 2.12. The zero-order chi connectivity index (χ0) is 13.7. The lowest BCUT2D eigenvalue weighted by atomic mass is 10.1. The minimum absolute atomic E-state index is 0.889. The van der Waals surface area contributed by atoms with Crippen molar-refractivity contribution in [2.75, 3.05) is 0 Å². The molecule has 0 bridgehead atoms. The van der Waals surface area contributed by atoms with E-state index in [1.165, 1.54) is 5.56 Å². The third kappa shape index (κ3) is 1.56. The van der Waals surface area contributed by atoms with E-state index >= 15 is 0 Å². The molecule has 3 heterocycles. The van der Waals surface area contributed by atoms with Gasteiger partial charge < -0.3 is 0 Å². The van der Waals surface area contributed by atoms with Crippen LogP contribution in [-0.2, 0) is 0 Å². The fraction of sp³-hybridized carbons (Fsp3) is 0.133. The first kappa shape index (κ1) is 11.5. The van der Waals surface area contributed by atoms with Crippen molar-refractivity contribution < 1.29 is 0 Å². The van der Waals surface area contributed by atoms with Crippen LogP contribution in [0.3, 0.4) is 0 Å². The fourth-order valence-electron chi connectivity index (χ4n) is 2.58. The Morgan fingerprint density at radius 1 is 1.15 bits per heavy atom. The van der Waals surface area contributed by atoms with Gasteiger partial charge in [0.15, 0.2) is 0 Å². The maximum atomic E-state index is 4.60. The van der Waals surface area contributed by atoms with E-state index in [9.17, 15) is 0 Å². The molecule has 0 unspecified atom stereocenters. The van der Waals surface area contributed by atoms with Crippen LogP contribution in [0.5, 0.6) is 0 Å². The van der Waals surface area contributed by atoms with Crippen LogP contribution in [0.4, 0.5) is 0 Å². The molecule has 5 heteroatoms. The predicted octanol–water partition coefficient (Wildman–Crippen LogP) is 3.62. The number of aromatic nitrogens is 4. The highest BCUT2D eigenvalue weighted by Crippen LogP contribution is 2.27. The van der Waals surface area contributed by atoms with E-state index in [4.69, 9.17) is 0 Å². The van der Waals surface area contributed by atoms with Crippen LogP contribution in [0, 0.1) is 13.8 Å². The SMILES string of the molecule is Cc1cc(C)c2ncc3c(-c4ccsc4)nnn3c2c1. The molecule has 3 aromatic heterocycles. The van der Waals surface area contributed by atoms with Gasteiger partial charge in [-0.1, -0.05) is 11.3 Å². The minimum atomic E-state index is 0.889. The van der Waals surface area contributed by atoms with Crippen LogP contribution in [0.15, 0.2) is 35.2 Å². The number of thiophene rings is 1. The number of hydrogen-bond donors (Lipinski definition) is 0. The molecule has 0 N–H and O–H groups in total. The second-order valence-electron chi connectivity index (χ2n) is 4.95. The van der Waals surface area contributed by atoms with Crippen molar-refractivity contribution in [3.05, 3.63) is 46.3 Å². The smallest absolute Gasteiger partial charge is 0.123 e. The van der Waals surface area contributed by atoms with E-state index in [0.29, 0.717) is 0 Å². The standard InChI is InChI=1S/C15H12N4S/c1-9-5-10(2)14-12(6-9)19-13(7-16-14)15(17-18-19)11-3-4-20-8-11/h3-8H,1-2H3. The summed E-state index contributed by atoms with van der Waals surface area (Å²) >= 11 is 1.66. The molecule has 0 aliphatic rings. The molecule has 98 valence electrons. The van der Waals surface area contributed by atoms with Gasteiger partial charge in [-0.3, -0.25) is 4.98 Å². The topological polar surface area (TPSA) is 43.1 Å². The first-order valence-corrected chi connectivity index (χ1v) is 7.32. The Labute approximate surface area is 119 Å². The minimum Gasteiger partial charge on any atom is -0.252 e. The predicted molar refractivity (Wildman–Crippen MR) is 81.1 cm³/mol. The maximum absolute atomic E-state index is 4.60. The van der Waals surface area contributed by atoms with Crippen LogP contribution in [0.2, 0.25) is 0 Å². The number of hydrogen-bond acceptors (Lipinski definition) is 4. The Bertz CT molecular complexity index is 922. The molecular formula is C15H12N4S. The molecular weight excluding hydrogens is 268 g/mol. The van der Waals surface area contributed by atoms with Crippen molar-refractivity contribution >= 4 is 27.9 Å². The monoisotopic (exact) mass is 280 g/mol. The summed E-state index contributed by atoms with van der Waals surface area (Å²) in [5.41, 5.74) is 7.28. The fourth-order valence-corrected chi connectivity index (χ4v) is 3.22. The highest BCUT2D eigenvalue weighted by molar-refractivity contribution is 7.08. The van der Waals surface area contributed by atoms with E-state index in [2.05, 4.69) is 52.7 Å². The molecule has 0 saturated carbocycles. The van der Waals surface area contributed by atoms with Gasteiger partial charge in [0.05, 0.1) is 17.2 Å². The van der Waals surface area contributed by atoms with Crippen molar-refractivity contribution in [2.45, 2.75) is 13.8 Å². The van der Waals surface area contributed by atoms with E-state index in [0.717, 1.165) is 33.4 Å². The average molecular weight is 280 g/mol. The second-order valence-corrected chi connectivity index (χ2v) is 5.73. The van der Waals surface area contributed by atoms with Gasteiger partial charge in [0.1, 0.15) is 11.2 Å². The molecule has 0 radical (unpaired) electrons. The maximum Gasteiger partial charge on any atom is 0.123 e. The van der Waals surface area contributed by atoms with E-state index in [-0.39, 0.29) is 0 Å². The molecule has 20 heavy (non-hydrogen) atoms. The summed E-state index contributed by atoms with van der Waals surface area (Å²) in [5.74, 6) is 0. The van der Waals surface area contributed by atoms with Crippen LogP contribution in [0.25, 0.3) is 27.8 Å². The highest BCUT2D eigenvalue weighted by atomic mass is 32.1. The molecule has 0 fully saturated rings. The van der Waals surface area contributed by atoms with Gasteiger partial charge in [-0.2, -0.15) is 11.3 Å².